The zero-order valence-corrected chi connectivity index (χ0v) is 11.9. The number of halogens is 1. The van der Waals surface area contributed by atoms with Crippen LogP contribution in [0.15, 0.2) is 12.3 Å². The van der Waals surface area contributed by atoms with Crippen molar-refractivity contribution in [3.63, 3.8) is 0 Å². The van der Waals surface area contributed by atoms with Crippen molar-refractivity contribution in [2.24, 2.45) is 0 Å². The molecule has 1 aromatic rings. The molecule has 0 unspecified atom stereocenters. The molecule has 1 heterocycles. The van der Waals surface area contributed by atoms with E-state index in [9.17, 15) is 18.5 Å². The maximum absolute atomic E-state index is 11.5. The minimum atomic E-state index is -3.36. The maximum atomic E-state index is 11.5. The smallest absolute Gasteiger partial charge is 0.312 e. The van der Waals surface area contributed by atoms with Gasteiger partial charge >= 0.3 is 5.69 Å². The van der Waals surface area contributed by atoms with Crippen LogP contribution in [0.5, 0.6) is 0 Å². The molecule has 0 bridgehead atoms. The molecular formula is C9H13ClN4O4S. The van der Waals surface area contributed by atoms with Crippen LogP contribution in [0.2, 0.25) is 5.02 Å². The largest absolute Gasteiger partial charge is 0.363 e. The molecular weight excluding hydrogens is 296 g/mol. The van der Waals surface area contributed by atoms with Crippen LogP contribution in [0.4, 0.5) is 11.5 Å². The van der Waals surface area contributed by atoms with Crippen LogP contribution in [0.1, 0.15) is 0 Å². The van der Waals surface area contributed by atoms with E-state index in [1.54, 1.807) is 0 Å². The maximum Gasteiger partial charge on any atom is 0.312 e. The van der Waals surface area contributed by atoms with E-state index in [1.165, 1.54) is 20.3 Å². The van der Waals surface area contributed by atoms with Gasteiger partial charge in [-0.15, -0.1) is 0 Å². The highest BCUT2D eigenvalue weighted by molar-refractivity contribution is 7.89. The first-order valence-corrected chi connectivity index (χ1v) is 7.17. The summed E-state index contributed by atoms with van der Waals surface area (Å²) in [6.07, 6.45) is 1.25. The van der Waals surface area contributed by atoms with Gasteiger partial charge in [-0.2, -0.15) is 0 Å². The molecule has 1 aromatic heterocycles. The molecule has 8 nitrogen and oxygen atoms in total. The number of hydrogen-bond acceptors (Lipinski definition) is 6. The second kappa shape index (κ2) is 6.13. The zero-order chi connectivity index (χ0) is 14.6. The summed E-state index contributed by atoms with van der Waals surface area (Å²) in [5.74, 6) is -0.204. The predicted molar refractivity (Wildman–Crippen MR) is 71.9 cm³/mol. The number of sulfonamides is 1. The summed E-state index contributed by atoms with van der Waals surface area (Å²) in [5, 5.41) is 13.5. The Morgan fingerprint density at radius 1 is 1.53 bits per heavy atom. The summed E-state index contributed by atoms with van der Waals surface area (Å²) in [5.41, 5.74) is -0.297. The van der Waals surface area contributed by atoms with E-state index < -0.39 is 14.9 Å². The Kier molecular flexibility index (Phi) is 5.04. The average Bonchev–Trinajstić information content (AvgIpc) is 2.30. The van der Waals surface area contributed by atoms with Crippen molar-refractivity contribution in [1.29, 1.82) is 0 Å². The molecule has 10 heteroatoms. The van der Waals surface area contributed by atoms with Crippen molar-refractivity contribution in [1.82, 2.24) is 9.29 Å². The first-order chi connectivity index (χ1) is 8.74. The number of aromatic nitrogens is 1. The molecule has 1 N–H and O–H groups in total. The highest BCUT2D eigenvalue weighted by Crippen LogP contribution is 2.24. The molecule has 0 aromatic carbocycles. The number of hydrogen-bond donors (Lipinski definition) is 1. The van der Waals surface area contributed by atoms with E-state index in [-0.39, 0.29) is 28.8 Å². The van der Waals surface area contributed by atoms with Gasteiger partial charge in [0.05, 0.1) is 15.7 Å². The fraction of sp³-hybridized carbons (Fsp3) is 0.444. The third-order valence-electron chi connectivity index (χ3n) is 2.24. The topological polar surface area (TPSA) is 105 Å². The molecule has 0 radical (unpaired) electrons. The SMILES string of the molecule is CN(C)S(=O)(=O)CCNc1ncc(Cl)cc1[N+](=O)[O-]. The first kappa shape index (κ1) is 15.6. The third kappa shape index (κ3) is 4.30. The van der Waals surface area contributed by atoms with E-state index in [1.807, 2.05) is 0 Å². The molecule has 0 saturated heterocycles. The van der Waals surface area contributed by atoms with Gasteiger partial charge in [0.1, 0.15) is 0 Å². The van der Waals surface area contributed by atoms with Crippen LogP contribution in [0, 0.1) is 10.1 Å². The van der Waals surface area contributed by atoms with Gasteiger partial charge in [-0.3, -0.25) is 10.1 Å². The standard InChI is InChI=1S/C9H13ClN4O4S/c1-13(2)19(17,18)4-3-11-9-8(14(15)16)5-7(10)6-12-9/h5-6H,3-4H2,1-2H3,(H,11,12). The lowest BCUT2D eigenvalue weighted by Gasteiger charge is -2.11. The molecule has 0 aliphatic rings. The monoisotopic (exact) mass is 308 g/mol. The van der Waals surface area contributed by atoms with E-state index in [2.05, 4.69) is 10.3 Å². The van der Waals surface area contributed by atoms with E-state index in [0.717, 1.165) is 10.4 Å². The van der Waals surface area contributed by atoms with Crippen molar-refractivity contribution < 1.29 is 13.3 Å². The Bertz CT molecular complexity index is 576. The van der Waals surface area contributed by atoms with Crippen molar-refractivity contribution in [2.45, 2.75) is 0 Å². The first-order valence-electron chi connectivity index (χ1n) is 5.18. The number of nitrogens with zero attached hydrogens (tertiary/aromatic N) is 3. The second-order valence-corrected chi connectivity index (χ2v) is 6.54. The molecule has 0 spiro atoms. The highest BCUT2D eigenvalue weighted by Gasteiger charge is 2.18. The minimum Gasteiger partial charge on any atom is -0.363 e. The normalized spacial score (nSPS) is 11.6. The number of anilines is 1. The average molecular weight is 309 g/mol. The molecule has 0 atom stereocenters. The van der Waals surface area contributed by atoms with E-state index in [4.69, 9.17) is 11.6 Å². The Labute approximate surface area is 115 Å². The predicted octanol–water partition coefficient (Wildman–Crippen LogP) is 0.947. The number of rotatable bonds is 6. The quantitative estimate of drug-likeness (QED) is 0.619. The Morgan fingerprint density at radius 3 is 2.68 bits per heavy atom. The van der Waals surface area contributed by atoms with E-state index in [0.29, 0.717) is 0 Å². The Morgan fingerprint density at radius 2 is 2.16 bits per heavy atom. The van der Waals surface area contributed by atoms with Crippen LogP contribution < -0.4 is 5.32 Å². The summed E-state index contributed by atoms with van der Waals surface area (Å²) >= 11 is 5.61. The molecule has 0 fully saturated rings. The van der Waals surface area contributed by atoms with Crippen LogP contribution in [-0.2, 0) is 10.0 Å². The third-order valence-corrected chi connectivity index (χ3v) is 4.28. The van der Waals surface area contributed by atoms with Crippen molar-refractivity contribution in [3.05, 3.63) is 27.4 Å². The summed E-state index contributed by atoms with van der Waals surface area (Å²) in [6, 6.07) is 1.15. The van der Waals surface area contributed by atoms with Crippen LogP contribution in [0.3, 0.4) is 0 Å². The van der Waals surface area contributed by atoms with Gasteiger partial charge in [0.25, 0.3) is 0 Å². The summed E-state index contributed by atoms with van der Waals surface area (Å²) < 4.78 is 24.1. The van der Waals surface area contributed by atoms with E-state index >= 15 is 0 Å². The van der Waals surface area contributed by atoms with Crippen molar-refractivity contribution in [3.8, 4) is 0 Å². The summed E-state index contributed by atoms with van der Waals surface area (Å²) in [6.45, 7) is 0.00991. The van der Waals surface area contributed by atoms with Crippen LogP contribution >= 0.6 is 11.6 Å². The lowest BCUT2D eigenvalue weighted by atomic mass is 10.4. The van der Waals surface area contributed by atoms with Gasteiger partial charge in [0, 0.05) is 32.9 Å². The van der Waals surface area contributed by atoms with Gasteiger partial charge in [-0.1, -0.05) is 11.6 Å². The molecule has 106 valence electrons. The molecule has 0 saturated carbocycles. The molecule has 1 rings (SSSR count). The molecule has 0 amide bonds. The van der Waals surface area contributed by atoms with Gasteiger partial charge in [-0.05, 0) is 0 Å². The second-order valence-electron chi connectivity index (χ2n) is 3.80. The Balaban J connectivity index is 2.77. The minimum absolute atomic E-state index is 0.00991. The molecule has 0 aliphatic heterocycles. The number of nitro groups is 1. The summed E-state index contributed by atoms with van der Waals surface area (Å²) in [7, 11) is -0.532. The molecule has 0 aliphatic carbocycles. The lowest BCUT2D eigenvalue weighted by Crippen LogP contribution is -2.28. The van der Waals surface area contributed by atoms with Gasteiger partial charge in [-0.25, -0.2) is 17.7 Å². The van der Waals surface area contributed by atoms with Gasteiger partial charge in [0.15, 0.2) is 0 Å². The van der Waals surface area contributed by atoms with Crippen molar-refractivity contribution >= 4 is 33.1 Å². The van der Waals surface area contributed by atoms with Gasteiger partial charge < -0.3 is 5.32 Å². The molecule has 19 heavy (non-hydrogen) atoms. The Hall–Kier alpha value is -1.45. The fourth-order valence-corrected chi connectivity index (χ4v) is 2.06. The highest BCUT2D eigenvalue weighted by atomic mass is 35.5. The van der Waals surface area contributed by atoms with Crippen LogP contribution in [-0.4, -0.2) is 49.0 Å². The lowest BCUT2D eigenvalue weighted by molar-refractivity contribution is -0.384. The zero-order valence-electron chi connectivity index (χ0n) is 10.3. The number of pyridine rings is 1. The van der Waals surface area contributed by atoms with Crippen LogP contribution in [0.25, 0.3) is 0 Å². The number of nitrogens with one attached hydrogen (secondary N) is 1. The van der Waals surface area contributed by atoms with Crippen molar-refractivity contribution in [2.75, 3.05) is 31.7 Å². The summed E-state index contributed by atoms with van der Waals surface area (Å²) in [4.78, 5) is 13.9. The van der Waals surface area contributed by atoms with Gasteiger partial charge in [0.2, 0.25) is 15.8 Å². The fourth-order valence-electron chi connectivity index (χ4n) is 1.18.